The highest BCUT2D eigenvalue weighted by Crippen LogP contribution is 2.22. The maximum absolute atomic E-state index is 5.98. The number of ether oxygens (including phenoxy) is 1. The molecule has 0 bridgehead atoms. The summed E-state index contributed by atoms with van der Waals surface area (Å²) in [5.74, 6) is 1.04. The summed E-state index contributed by atoms with van der Waals surface area (Å²) in [4.78, 5) is 0. The van der Waals surface area contributed by atoms with Crippen LogP contribution in [0.1, 0.15) is 56.6 Å². The fraction of sp³-hybridized carbons (Fsp3) is 0.684. The Kier molecular flexibility index (Phi) is 9.93. The summed E-state index contributed by atoms with van der Waals surface area (Å²) >= 11 is 0. The van der Waals surface area contributed by atoms with Crippen LogP contribution in [0, 0.1) is 13.8 Å². The zero-order chi connectivity index (χ0) is 16.2. The Hall–Kier alpha value is -1.06. The molecule has 3 nitrogen and oxygen atoms in total. The first-order chi connectivity index (χ1) is 10.6. The van der Waals surface area contributed by atoms with Gasteiger partial charge in [-0.3, -0.25) is 0 Å². The van der Waals surface area contributed by atoms with E-state index in [2.05, 4.69) is 44.3 Å². The van der Waals surface area contributed by atoms with Crippen LogP contribution in [0.3, 0.4) is 0 Å². The number of nitrogens with two attached hydrogens (primary N) is 1. The number of benzene rings is 1. The second-order valence-corrected chi connectivity index (χ2v) is 6.30. The van der Waals surface area contributed by atoms with Crippen molar-refractivity contribution in [2.45, 2.75) is 65.3 Å². The number of hydrogen-bond acceptors (Lipinski definition) is 3. The minimum absolute atomic E-state index is 0.385. The van der Waals surface area contributed by atoms with Crippen LogP contribution in [-0.4, -0.2) is 25.7 Å². The van der Waals surface area contributed by atoms with Crippen molar-refractivity contribution in [2.75, 3.05) is 19.7 Å². The molecule has 0 aliphatic heterocycles. The Morgan fingerprint density at radius 2 is 1.59 bits per heavy atom. The number of para-hydroxylation sites is 1. The molecule has 0 radical (unpaired) electrons. The van der Waals surface area contributed by atoms with Crippen LogP contribution in [0.5, 0.6) is 5.75 Å². The molecule has 1 aromatic carbocycles. The van der Waals surface area contributed by atoms with Gasteiger partial charge in [-0.25, -0.2) is 0 Å². The van der Waals surface area contributed by atoms with E-state index >= 15 is 0 Å². The topological polar surface area (TPSA) is 47.3 Å². The largest absolute Gasteiger partial charge is 0.491 e. The molecule has 0 amide bonds. The van der Waals surface area contributed by atoms with Crippen molar-refractivity contribution in [1.29, 1.82) is 0 Å². The highest BCUT2D eigenvalue weighted by atomic mass is 16.5. The van der Waals surface area contributed by atoms with Crippen molar-refractivity contribution in [1.82, 2.24) is 5.32 Å². The molecular formula is C19H34N2O. The number of nitrogens with one attached hydrogen (secondary N) is 1. The Morgan fingerprint density at radius 3 is 2.23 bits per heavy atom. The van der Waals surface area contributed by atoms with Gasteiger partial charge < -0.3 is 15.8 Å². The van der Waals surface area contributed by atoms with Gasteiger partial charge in [0.2, 0.25) is 0 Å². The average Bonchev–Trinajstić information content (AvgIpc) is 2.49. The fourth-order valence-corrected chi connectivity index (χ4v) is 2.62. The van der Waals surface area contributed by atoms with E-state index < -0.39 is 0 Å². The van der Waals surface area contributed by atoms with E-state index in [0.29, 0.717) is 6.04 Å². The molecule has 0 aliphatic carbocycles. The maximum atomic E-state index is 5.98. The van der Waals surface area contributed by atoms with Crippen molar-refractivity contribution in [2.24, 2.45) is 5.73 Å². The van der Waals surface area contributed by atoms with Crippen molar-refractivity contribution in [3.63, 3.8) is 0 Å². The van der Waals surface area contributed by atoms with Crippen LogP contribution in [0.15, 0.2) is 18.2 Å². The zero-order valence-corrected chi connectivity index (χ0v) is 14.7. The first kappa shape index (κ1) is 19.0. The SMILES string of the molecule is Cc1cccc(C)c1OCC(C)NCCCCCCCCN. The molecule has 0 heterocycles. The summed E-state index contributed by atoms with van der Waals surface area (Å²) in [6.45, 7) is 9.03. The molecule has 22 heavy (non-hydrogen) atoms. The monoisotopic (exact) mass is 306 g/mol. The fourth-order valence-electron chi connectivity index (χ4n) is 2.62. The van der Waals surface area contributed by atoms with Crippen LogP contribution in [0.2, 0.25) is 0 Å². The minimum Gasteiger partial charge on any atom is -0.491 e. The first-order valence-corrected chi connectivity index (χ1v) is 8.77. The molecule has 126 valence electrons. The summed E-state index contributed by atoms with van der Waals surface area (Å²) in [7, 11) is 0. The van der Waals surface area contributed by atoms with Gasteiger partial charge in [0.05, 0.1) is 0 Å². The van der Waals surface area contributed by atoms with Gasteiger partial charge in [-0.15, -0.1) is 0 Å². The quantitative estimate of drug-likeness (QED) is 0.575. The van der Waals surface area contributed by atoms with E-state index in [9.17, 15) is 0 Å². The lowest BCUT2D eigenvalue weighted by atomic mass is 10.1. The van der Waals surface area contributed by atoms with Crippen LogP contribution in [-0.2, 0) is 0 Å². The van der Waals surface area contributed by atoms with Crippen LogP contribution in [0.25, 0.3) is 0 Å². The van der Waals surface area contributed by atoms with Crippen LogP contribution >= 0.6 is 0 Å². The lowest BCUT2D eigenvalue weighted by Gasteiger charge is -2.17. The highest BCUT2D eigenvalue weighted by molar-refractivity contribution is 5.39. The molecule has 0 fully saturated rings. The predicted octanol–water partition coefficient (Wildman–Crippen LogP) is 3.96. The van der Waals surface area contributed by atoms with Gasteiger partial charge in [-0.1, -0.05) is 43.9 Å². The van der Waals surface area contributed by atoms with E-state index in [4.69, 9.17) is 10.5 Å². The Labute approximate surface area is 136 Å². The summed E-state index contributed by atoms with van der Waals surface area (Å²) < 4.78 is 5.98. The lowest BCUT2D eigenvalue weighted by Crippen LogP contribution is -2.32. The van der Waals surface area contributed by atoms with Crippen molar-refractivity contribution < 1.29 is 4.74 Å². The Balaban J connectivity index is 2.08. The molecule has 1 unspecified atom stereocenters. The van der Waals surface area contributed by atoms with Crippen LogP contribution in [0.4, 0.5) is 0 Å². The van der Waals surface area contributed by atoms with Gasteiger partial charge in [0.1, 0.15) is 12.4 Å². The molecule has 1 atom stereocenters. The Morgan fingerprint density at radius 1 is 1.00 bits per heavy atom. The van der Waals surface area contributed by atoms with Gasteiger partial charge in [0, 0.05) is 6.04 Å². The van der Waals surface area contributed by atoms with Crippen molar-refractivity contribution >= 4 is 0 Å². The molecule has 3 N–H and O–H groups in total. The van der Waals surface area contributed by atoms with Gasteiger partial charge in [-0.2, -0.15) is 0 Å². The average molecular weight is 306 g/mol. The normalized spacial score (nSPS) is 12.4. The smallest absolute Gasteiger partial charge is 0.125 e. The molecule has 3 heteroatoms. The standard InChI is InChI=1S/C19H34N2O/c1-16-11-10-12-17(2)19(16)22-15-18(3)21-14-9-7-5-4-6-8-13-20/h10-12,18,21H,4-9,13-15,20H2,1-3H3. The molecule has 1 aromatic rings. The molecule has 0 aliphatic rings. The summed E-state index contributed by atoms with van der Waals surface area (Å²) in [6, 6.07) is 6.67. The summed E-state index contributed by atoms with van der Waals surface area (Å²) in [6.07, 6.45) is 7.66. The van der Waals surface area contributed by atoms with E-state index in [0.717, 1.165) is 25.4 Å². The number of rotatable bonds is 12. The Bertz CT molecular complexity index is 386. The first-order valence-electron chi connectivity index (χ1n) is 8.77. The third-order valence-electron chi connectivity index (χ3n) is 4.01. The summed E-state index contributed by atoms with van der Waals surface area (Å²) in [5, 5.41) is 3.55. The van der Waals surface area contributed by atoms with Gasteiger partial charge in [-0.05, 0) is 57.8 Å². The van der Waals surface area contributed by atoms with Crippen molar-refractivity contribution in [3.05, 3.63) is 29.3 Å². The van der Waals surface area contributed by atoms with E-state index in [1.165, 1.54) is 49.7 Å². The molecular weight excluding hydrogens is 272 g/mol. The van der Waals surface area contributed by atoms with E-state index in [-0.39, 0.29) is 0 Å². The van der Waals surface area contributed by atoms with E-state index in [1.807, 2.05) is 0 Å². The van der Waals surface area contributed by atoms with Crippen LogP contribution < -0.4 is 15.8 Å². The third-order valence-corrected chi connectivity index (χ3v) is 4.01. The van der Waals surface area contributed by atoms with Gasteiger partial charge >= 0.3 is 0 Å². The molecule has 1 rings (SSSR count). The molecule has 0 saturated heterocycles. The molecule has 0 spiro atoms. The summed E-state index contributed by atoms with van der Waals surface area (Å²) in [5.41, 5.74) is 7.92. The number of unbranched alkanes of at least 4 members (excludes halogenated alkanes) is 5. The zero-order valence-electron chi connectivity index (χ0n) is 14.7. The molecule has 0 saturated carbocycles. The van der Waals surface area contributed by atoms with Crippen molar-refractivity contribution in [3.8, 4) is 5.75 Å². The minimum atomic E-state index is 0.385. The highest BCUT2D eigenvalue weighted by Gasteiger charge is 2.06. The third kappa shape index (κ3) is 7.81. The lowest BCUT2D eigenvalue weighted by molar-refractivity contribution is 0.269. The number of hydrogen-bond donors (Lipinski definition) is 2. The van der Waals surface area contributed by atoms with Gasteiger partial charge in [0.25, 0.3) is 0 Å². The number of aryl methyl sites for hydroxylation is 2. The maximum Gasteiger partial charge on any atom is 0.125 e. The van der Waals surface area contributed by atoms with Gasteiger partial charge in [0.15, 0.2) is 0 Å². The second kappa shape index (κ2) is 11.5. The van der Waals surface area contributed by atoms with E-state index in [1.54, 1.807) is 0 Å². The molecule has 0 aromatic heterocycles. The predicted molar refractivity (Wildman–Crippen MR) is 95.6 cm³/mol. The second-order valence-electron chi connectivity index (χ2n) is 6.30.